The summed E-state index contributed by atoms with van der Waals surface area (Å²) in [6.45, 7) is 2.64. The van der Waals surface area contributed by atoms with E-state index in [-0.39, 0.29) is 30.7 Å². The highest BCUT2D eigenvalue weighted by Crippen LogP contribution is 2.54. The number of ether oxygens (including phenoxy) is 1. The second-order valence-corrected chi connectivity index (χ2v) is 10.3. The number of nitrogens with zero attached hydrogens (tertiary/aromatic N) is 2. The number of aliphatic hydroxyl groups is 1. The predicted molar refractivity (Wildman–Crippen MR) is 135 cm³/mol. The molecule has 35 heavy (non-hydrogen) atoms. The average molecular weight is 467 g/mol. The summed E-state index contributed by atoms with van der Waals surface area (Å²) in [5.41, 5.74) is 5.33. The average Bonchev–Trinajstić information content (AvgIpc) is 3.51. The van der Waals surface area contributed by atoms with Gasteiger partial charge in [-0.3, -0.25) is 4.79 Å². The van der Waals surface area contributed by atoms with Crippen molar-refractivity contribution in [3.63, 3.8) is 0 Å². The number of aliphatic hydroxyl groups excluding tert-OH is 1. The highest BCUT2D eigenvalue weighted by molar-refractivity contribution is 6.31. The number of hydrogen-bond donors (Lipinski definition) is 3. The lowest BCUT2D eigenvalue weighted by atomic mass is 9.84. The number of para-hydroxylation sites is 2. The number of hydrogen-bond acceptors (Lipinski definition) is 4. The zero-order valence-electron chi connectivity index (χ0n) is 19.6. The molecule has 4 atom stereocenters. The van der Waals surface area contributed by atoms with Crippen LogP contribution in [0.1, 0.15) is 35.5 Å². The summed E-state index contributed by atoms with van der Waals surface area (Å²) in [6.07, 6.45) is 0.477. The Hall–Kier alpha value is -3.39. The summed E-state index contributed by atoms with van der Waals surface area (Å²) in [5, 5.41) is 21.5. The highest BCUT2D eigenvalue weighted by atomic mass is 16.5. The van der Waals surface area contributed by atoms with Crippen LogP contribution in [-0.2, 0) is 17.0 Å². The molecule has 2 bridgehead atoms. The van der Waals surface area contributed by atoms with Crippen LogP contribution in [0.4, 0.5) is 0 Å². The van der Waals surface area contributed by atoms with Gasteiger partial charge in [0, 0.05) is 46.5 Å². The Morgan fingerprint density at radius 2 is 1.80 bits per heavy atom. The van der Waals surface area contributed by atoms with Crippen LogP contribution in [-0.4, -0.2) is 39.8 Å². The number of nitrogens with one attached hydrogen (secondary N) is 2. The summed E-state index contributed by atoms with van der Waals surface area (Å²) in [4.78, 5) is 13.3. The molecule has 7 nitrogen and oxygen atoms in total. The van der Waals surface area contributed by atoms with E-state index < -0.39 is 5.72 Å². The fourth-order valence-corrected chi connectivity index (χ4v) is 7.40. The minimum atomic E-state index is -0.788. The zero-order chi connectivity index (χ0) is 23.6. The first-order valence-electron chi connectivity index (χ1n) is 12.3. The van der Waals surface area contributed by atoms with Crippen molar-refractivity contribution in [1.29, 1.82) is 0 Å². The quantitative estimate of drug-likeness (QED) is 0.368. The molecule has 5 aromatic rings. The highest BCUT2D eigenvalue weighted by Gasteiger charge is 2.52. The van der Waals surface area contributed by atoms with E-state index in [1.165, 1.54) is 0 Å². The van der Waals surface area contributed by atoms with Crippen molar-refractivity contribution < 1.29 is 14.6 Å². The largest absolute Gasteiger partial charge is 0.396 e. The number of amides is 1. The van der Waals surface area contributed by atoms with Crippen LogP contribution in [0.2, 0.25) is 0 Å². The fraction of sp³-hybridized carbons (Fsp3) is 0.321. The van der Waals surface area contributed by atoms with Gasteiger partial charge in [-0.1, -0.05) is 36.4 Å². The van der Waals surface area contributed by atoms with Crippen LogP contribution in [0.5, 0.6) is 0 Å². The number of fused-ring (bicyclic) bond motifs is 13. The maximum Gasteiger partial charge on any atom is 0.252 e. The van der Waals surface area contributed by atoms with E-state index in [1.54, 1.807) is 0 Å². The van der Waals surface area contributed by atoms with Gasteiger partial charge in [0.2, 0.25) is 0 Å². The summed E-state index contributed by atoms with van der Waals surface area (Å²) < 4.78 is 11.7. The summed E-state index contributed by atoms with van der Waals surface area (Å²) >= 11 is 0. The molecule has 0 saturated carbocycles. The molecule has 3 N–H and O–H groups in total. The number of aromatic nitrogens is 2. The molecule has 0 radical (unpaired) electrons. The number of benzene rings is 3. The first-order valence-corrected chi connectivity index (χ1v) is 12.3. The Bertz CT molecular complexity index is 1750. The third-order valence-corrected chi connectivity index (χ3v) is 8.82. The minimum Gasteiger partial charge on any atom is -0.396 e. The van der Waals surface area contributed by atoms with E-state index >= 15 is 0 Å². The van der Waals surface area contributed by atoms with Crippen molar-refractivity contribution in [1.82, 2.24) is 19.8 Å². The van der Waals surface area contributed by atoms with Gasteiger partial charge in [-0.2, -0.15) is 0 Å². The maximum absolute atomic E-state index is 13.3. The molecule has 5 heterocycles. The lowest BCUT2D eigenvalue weighted by Gasteiger charge is -2.48. The van der Waals surface area contributed by atoms with Gasteiger partial charge in [0.1, 0.15) is 6.23 Å². The van der Waals surface area contributed by atoms with E-state index in [4.69, 9.17) is 4.74 Å². The number of carbonyl (C=O) groups excluding carboxylic acids is 1. The first kappa shape index (κ1) is 19.9. The molecule has 3 aromatic carbocycles. The van der Waals surface area contributed by atoms with E-state index in [1.807, 2.05) is 13.1 Å². The Kier molecular flexibility index (Phi) is 3.65. The van der Waals surface area contributed by atoms with Crippen LogP contribution >= 0.6 is 0 Å². The molecule has 0 spiro atoms. The van der Waals surface area contributed by atoms with Crippen molar-refractivity contribution in [2.24, 2.45) is 5.92 Å². The molecule has 8 rings (SSSR count). The van der Waals surface area contributed by atoms with E-state index in [9.17, 15) is 9.90 Å². The SMILES string of the molecule is CN[C@H]1C[C@@H]2O[C@](C)([C@H]1CO)n1c3ccccc3c3c4c(c5c6ccccc6n2c5c31)C(=O)NC4. The predicted octanol–water partition coefficient (Wildman–Crippen LogP) is 3.95. The number of carbonyl (C=O) groups is 1. The molecule has 176 valence electrons. The summed E-state index contributed by atoms with van der Waals surface area (Å²) in [7, 11) is 1.97. The third-order valence-electron chi connectivity index (χ3n) is 8.82. The molecule has 7 heteroatoms. The van der Waals surface area contributed by atoms with E-state index in [0.717, 1.165) is 61.2 Å². The van der Waals surface area contributed by atoms with Crippen LogP contribution in [0.3, 0.4) is 0 Å². The molecule has 1 amide bonds. The normalized spacial score (nSPS) is 27.3. The van der Waals surface area contributed by atoms with Crippen LogP contribution in [0.15, 0.2) is 48.5 Å². The zero-order valence-corrected chi connectivity index (χ0v) is 19.6. The van der Waals surface area contributed by atoms with Crippen molar-refractivity contribution in [3.8, 4) is 0 Å². The van der Waals surface area contributed by atoms with Crippen LogP contribution in [0, 0.1) is 5.92 Å². The van der Waals surface area contributed by atoms with Crippen molar-refractivity contribution >= 4 is 49.5 Å². The molecule has 3 aliphatic heterocycles. The van der Waals surface area contributed by atoms with Gasteiger partial charge in [-0.25, -0.2) is 0 Å². The van der Waals surface area contributed by atoms with E-state index in [0.29, 0.717) is 6.54 Å². The molecule has 1 saturated heterocycles. The minimum absolute atomic E-state index is 0.00644. The molecular formula is C28H26N4O3. The standard InChI is InChI=1S/C28H26N4O3/c1-28-17(13-33)18(29-2)11-21(35-28)31-19-9-5-3-7-14(19)23-24-16(12-30-27(24)34)22-15-8-4-6-10-20(15)32(28)26(22)25(23)31/h3-10,17-18,21,29,33H,11-13H2,1-2H3,(H,30,34)/t17-,18-,21-,28+/m0/s1. The van der Waals surface area contributed by atoms with Gasteiger partial charge in [0.25, 0.3) is 5.91 Å². The summed E-state index contributed by atoms with van der Waals surface area (Å²) in [5.74, 6) is -0.163. The Morgan fingerprint density at radius 3 is 2.54 bits per heavy atom. The van der Waals surface area contributed by atoms with Gasteiger partial charge in [-0.05, 0) is 31.7 Å². The van der Waals surface area contributed by atoms with Crippen LogP contribution < -0.4 is 10.6 Å². The summed E-state index contributed by atoms with van der Waals surface area (Å²) in [6, 6.07) is 16.8. The lowest BCUT2D eigenvalue weighted by Crippen LogP contribution is -2.56. The third kappa shape index (κ3) is 2.12. The molecule has 0 unspecified atom stereocenters. The topological polar surface area (TPSA) is 80.4 Å². The lowest BCUT2D eigenvalue weighted by molar-refractivity contribution is -0.234. The van der Waals surface area contributed by atoms with E-state index in [2.05, 4.69) is 69.2 Å². The second-order valence-electron chi connectivity index (χ2n) is 10.3. The Balaban J connectivity index is 1.72. The molecule has 3 aliphatic rings. The Morgan fingerprint density at radius 1 is 1.09 bits per heavy atom. The number of rotatable bonds is 2. The smallest absolute Gasteiger partial charge is 0.252 e. The van der Waals surface area contributed by atoms with Gasteiger partial charge in [0.05, 0.1) is 34.2 Å². The molecule has 1 fully saturated rings. The first-order chi connectivity index (χ1) is 17.1. The van der Waals surface area contributed by atoms with Gasteiger partial charge in [-0.15, -0.1) is 0 Å². The van der Waals surface area contributed by atoms with Crippen molar-refractivity contribution in [3.05, 3.63) is 59.7 Å². The van der Waals surface area contributed by atoms with Crippen LogP contribution in [0.25, 0.3) is 43.6 Å². The fourth-order valence-electron chi connectivity index (χ4n) is 7.40. The van der Waals surface area contributed by atoms with Gasteiger partial charge >= 0.3 is 0 Å². The molecular weight excluding hydrogens is 440 g/mol. The van der Waals surface area contributed by atoms with Crippen molar-refractivity contribution in [2.75, 3.05) is 13.7 Å². The molecule has 0 aliphatic carbocycles. The Labute approximate surface area is 201 Å². The van der Waals surface area contributed by atoms with Gasteiger partial charge in [0.15, 0.2) is 5.72 Å². The monoisotopic (exact) mass is 466 g/mol. The maximum atomic E-state index is 13.3. The second kappa shape index (κ2) is 6.43. The van der Waals surface area contributed by atoms with Crippen molar-refractivity contribution in [2.45, 2.75) is 37.9 Å². The molecule has 2 aromatic heterocycles. The van der Waals surface area contributed by atoms with Gasteiger partial charge < -0.3 is 29.6 Å².